The highest BCUT2D eigenvalue weighted by atomic mass is 32.2. The van der Waals surface area contributed by atoms with Crippen molar-refractivity contribution >= 4 is 17.5 Å². The number of nitrogens with zero attached hydrogens (tertiary/aromatic N) is 4. The molecule has 0 aliphatic rings. The molecule has 94 valence electrons. The van der Waals surface area contributed by atoms with Crippen LogP contribution in [0.4, 0.5) is 0 Å². The molecule has 0 bridgehead atoms. The molecule has 1 aromatic carbocycles. The minimum atomic E-state index is 0.187. The van der Waals surface area contributed by atoms with E-state index in [9.17, 15) is 4.79 Å². The van der Waals surface area contributed by atoms with Gasteiger partial charge in [-0.25, -0.2) is 4.68 Å². The fourth-order valence-electron chi connectivity index (χ4n) is 1.51. The Morgan fingerprint density at radius 3 is 2.78 bits per heavy atom. The van der Waals surface area contributed by atoms with Crippen LogP contribution in [-0.2, 0) is 7.05 Å². The van der Waals surface area contributed by atoms with Crippen molar-refractivity contribution < 1.29 is 4.79 Å². The largest absolute Gasteiger partial charge is 0.294 e. The topological polar surface area (TPSA) is 60.7 Å². The van der Waals surface area contributed by atoms with Crippen LogP contribution in [0.25, 0.3) is 0 Å². The summed E-state index contributed by atoms with van der Waals surface area (Å²) in [6.45, 7) is 0. The van der Waals surface area contributed by atoms with Crippen LogP contribution in [0.1, 0.15) is 23.2 Å². The number of carbonyl (C=O) groups excluding carboxylic acids is 1. The third-order valence-corrected chi connectivity index (χ3v) is 3.55. The van der Waals surface area contributed by atoms with E-state index in [0.29, 0.717) is 6.42 Å². The number of hydrogen-bond donors (Lipinski definition) is 0. The molecule has 18 heavy (non-hydrogen) atoms. The zero-order valence-corrected chi connectivity index (χ0v) is 10.9. The summed E-state index contributed by atoms with van der Waals surface area (Å²) in [5, 5.41) is 12.0. The van der Waals surface area contributed by atoms with E-state index in [2.05, 4.69) is 15.5 Å². The number of hydrogen-bond acceptors (Lipinski definition) is 5. The van der Waals surface area contributed by atoms with E-state index in [0.717, 1.165) is 22.9 Å². The van der Waals surface area contributed by atoms with Crippen LogP contribution in [0, 0.1) is 0 Å². The summed E-state index contributed by atoms with van der Waals surface area (Å²) in [6.07, 6.45) is 1.38. The highest BCUT2D eigenvalue weighted by Gasteiger charge is 2.06. The van der Waals surface area contributed by atoms with Gasteiger partial charge in [0.15, 0.2) is 5.78 Å². The molecule has 6 heteroatoms. The quantitative estimate of drug-likeness (QED) is 0.452. The summed E-state index contributed by atoms with van der Waals surface area (Å²) in [7, 11) is 1.80. The predicted octanol–water partition coefficient (Wildman–Crippen LogP) is 1.97. The molecule has 0 atom stereocenters. The number of Topliss-reactive ketones (excluding diaryl/α,β-unsaturated/α-hetero) is 1. The van der Waals surface area contributed by atoms with Crippen molar-refractivity contribution in [1.82, 2.24) is 20.2 Å². The third kappa shape index (κ3) is 3.40. The Hall–Kier alpha value is -1.69. The lowest BCUT2D eigenvalue weighted by atomic mass is 10.1. The Kier molecular flexibility index (Phi) is 4.46. The maximum absolute atomic E-state index is 11.8. The van der Waals surface area contributed by atoms with Crippen molar-refractivity contribution in [3.8, 4) is 0 Å². The smallest absolute Gasteiger partial charge is 0.209 e. The predicted molar refractivity (Wildman–Crippen MR) is 69.5 cm³/mol. The van der Waals surface area contributed by atoms with Gasteiger partial charge in [0, 0.05) is 24.8 Å². The van der Waals surface area contributed by atoms with Crippen molar-refractivity contribution in [3.63, 3.8) is 0 Å². The Labute approximate surface area is 110 Å². The first-order chi connectivity index (χ1) is 8.77. The van der Waals surface area contributed by atoms with Crippen LogP contribution in [0.5, 0.6) is 0 Å². The Morgan fingerprint density at radius 2 is 2.11 bits per heavy atom. The number of carbonyl (C=O) groups is 1. The van der Waals surface area contributed by atoms with Crippen molar-refractivity contribution in [2.24, 2.45) is 7.05 Å². The first kappa shape index (κ1) is 12.8. The number of thioether (sulfide) groups is 1. The van der Waals surface area contributed by atoms with Gasteiger partial charge in [0.25, 0.3) is 0 Å². The van der Waals surface area contributed by atoms with Crippen LogP contribution < -0.4 is 0 Å². The molecule has 0 aliphatic carbocycles. The maximum atomic E-state index is 11.8. The summed E-state index contributed by atoms with van der Waals surface area (Å²) >= 11 is 1.57. The van der Waals surface area contributed by atoms with Crippen molar-refractivity contribution in [2.75, 3.05) is 5.75 Å². The van der Waals surface area contributed by atoms with E-state index in [-0.39, 0.29) is 5.78 Å². The Morgan fingerprint density at radius 1 is 1.33 bits per heavy atom. The monoisotopic (exact) mass is 262 g/mol. The minimum absolute atomic E-state index is 0.187. The summed E-state index contributed by atoms with van der Waals surface area (Å²) in [4.78, 5) is 11.8. The van der Waals surface area contributed by atoms with Crippen LogP contribution in [0.2, 0.25) is 0 Å². The van der Waals surface area contributed by atoms with Crippen molar-refractivity contribution in [1.29, 1.82) is 0 Å². The number of tetrazole rings is 1. The van der Waals surface area contributed by atoms with Crippen molar-refractivity contribution in [3.05, 3.63) is 35.9 Å². The molecule has 0 aliphatic heterocycles. The molecule has 0 N–H and O–H groups in total. The molecule has 0 spiro atoms. The van der Waals surface area contributed by atoms with E-state index in [1.54, 1.807) is 23.5 Å². The molecule has 0 unspecified atom stereocenters. The second-order valence-electron chi connectivity index (χ2n) is 3.83. The molecule has 2 rings (SSSR count). The van der Waals surface area contributed by atoms with Gasteiger partial charge in [0.2, 0.25) is 5.16 Å². The molecule has 0 saturated carbocycles. The van der Waals surface area contributed by atoms with Gasteiger partial charge in [-0.05, 0) is 16.8 Å². The van der Waals surface area contributed by atoms with E-state index in [1.165, 1.54) is 0 Å². The molecule has 0 fully saturated rings. The zero-order chi connectivity index (χ0) is 12.8. The zero-order valence-electron chi connectivity index (χ0n) is 10.1. The molecule has 1 aromatic heterocycles. The number of aromatic nitrogens is 4. The molecule has 0 saturated heterocycles. The maximum Gasteiger partial charge on any atom is 0.209 e. The number of benzene rings is 1. The molecule has 0 amide bonds. The average Bonchev–Trinajstić information content (AvgIpc) is 2.81. The van der Waals surface area contributed by atoms with E-state index in [1.807, 2.05) is 30.3 Å². The summed E-state index contributed by atoms with van der Waals surface area (Å²) in [6, 6.07) is 9.37. The van der Waals surface area contributed by atoms with Gasteiger partial charge in [-0.15, -0.1) is 5.10 Å². The molecule has 0 radical (unpaired) electrons. The molecular weight excluding hydrogens is 248 g/mol. The average molecular weight is 262 g/mol. The highest BCUT2D eigenvalue weighted by Crippen LogP contribution is 2.15. The number of aryl methyl sites for hydroxylation is 1. The SMILES string of the molecule is Cn1nnnc1SCCCC(=O)c1ccccc1. The van der Waals surface area contributed by atoms with Gasteiger partial charge >= 0.3 is 0 Å². The van der Waals surface area contributed by atoms with Gasteiger partial charge < -0.3 is 0 Å². The van der Waals surface area contributed by atoms with E-state index >= 15 is 0 Å². The number of ketones is 1. The number of rotatable bonds is 6. The second kappa shape index (κ2) is 6.30. The van der Waals surface area contributed by atoms with Crippen LogP contribution in [0.3, 0.4) is 0 Å². The molecule has 2 aromatic rings. The fraction of sp³-hybridized carbons (Fsp3) is 0.333. The van der Waals surface area contributed by atoms with Crippen LogP contribution in [-0.4, -0.2) is 31.7 Å². The first-order valence-electron chi connectivity index (χ1n) is 5.71. The standard InChI is InChI=1S/C12H14N4OS/c1-16-12(13-14-15-16)18-9-5-8-11(17)10-6-3-2-4-7-10/h2-4,6-7H,5,8-9H2,1H3. The lowest BCUT2D eigenvalue weighted by Gasteiger charge is -2.00. The van der Waals surface area contributed by atoms with E-state index in [4.69, 9.17) is 0 Å². The Bertz CT molecular complexity index is 512. The first-order valence-corrected chi connectivity index (χ1v) is 6.69. The molecule has 5 nitrogen and oxygen atoms in total. The molecule has 1 heterocycles. The lowest BCUT2D eigenvalue weighted by molar-refractivity contribution is 0.0982. The summed E-state index contributed by atoms with van der Waals surface area (Å²) in [5.41, 5.74) is 0.780. The van der Waals surface area contributed by atoms with Gasteiger partial charge in [-0.2, -0.15) is 0 Å². The van der Waals surface area contributed by atoms with Crippen LogP contribution >= 0.6 is 11.8 Å². The van der Waals surface area contributed by atoms with Gasteiger partial charge in [-0.3, -0.25) is 4.79 Å². The van der Waals surface area contributed by atoms with Crippen LogP contribution in [0.15, 0.2) is 35.5 Å². The van der Waals surface area contributed by atoms with Gasteiger partial charge in [0.05, 0.1) is 0 Å². The summed E-state index contributed by atoms with van der Waals surface area (Å²) < 4.78 is 1.63. The van der Waals surface area contributed by atoms with E-state index < -0.39 is 0 Å². The molecular formula is C12H14N4OS. The highest BCUT2D eigenvalue weighted by molar-refractivity contribution is 7.99. The van der Waals surface area contributed by atoms with Crippen molar-refractivity contribution in [2.45, 2.75) is 18.0 Å². The van der Waals surface area contributed by atoms with Gasteiger partial charge in [0.1, 0.15) is 0 Å². The lowest BCUT2D eigenvalue weighted by Crippen LogP contribution is -2.00. The normalized spacial score (nSPS) is 10.5. The minimum Gasteiger partial charge on any atom is -0.294 e. The summed E-state index contributed by atoms with van der Waals surface area (Å²) in [5.74, 6) is 1.03. The van der Waals surface area contributed by atoms with Gasteiger partial charge in [-0.1, -0.05) is 42.1 Å². The second-order valence-corrected chi connectivity index (χ2v) is 4.89. The third-order valence-electron chi connectivity index (χ3n) is 2.46. The fourth-order valence-corrected chi connectivity index (χ4v) is 2.30. The Balaban J connectivity index is 1.73.